The Morgan fingerprint density at radius 1 is 1.47 bits per heavy atom. The number of carbonyl (C=O) groups is 1. The molecule has 0 unspecified atom stereocenters. The molecule has 0 bridgehead atoms. The highest BCUT2D eigenvalue weighted by atomic mass is 19.1. The first-order valence-electron chi connectivity index (χ1n) is 5.25. The Morgan fingerprint density at radius 3 is 2.82 bits per heavy atom. The Balaban J connectivity index is 2.46. The quantitative estimate of drug-likeness (QED) is 0.792. The summed E-state index contributed by atoms with van der Waals surface area (Å²) in [5, 5.41) is 0. The summed E-state index contributed by atoms with van der Waals surface area (Å²) in [5.41, 5.74) is -0.503. The zero-order valence-electron chi connectivity index (χ0n) is 9.99. The van der Waals surface area contributed by atoms with Gasteiger partial charge in [-0.15, -0.1) is 0 Å². The Labute approximate surface area is 98.9 Å². The summed E-state index contributed by atoms with van der Waals surface area (Å²) in [4.78, 5) is 13.6. The number of halogens is 1. The van der Waals surface area contributed by atoms with Crippen LogP contribution in [0.1, 0.15) is 24.2 Å². The van der Waals surface area contributed by atoms with Gasteiger partial charge in [0.15, 0.2) is 5.72 Å². The van der Waals surface area contributed by atoms with Crippen molar-refractivity contribution in [1.29, 1.82) is 0 Å². The predicted octanol–water partition coefficient (Wildman–Crippen LogP) is 2.00. The van der Waals surface area contributed by atoms with Crippen LogP contribution in [0.2, 0.25) is 0 Å². The van der Waals surface area contributed by atoms with Gasteiger partial charge in [0.25, 0.3) is 5.91 Å². The van der Waals surface area contributed by atoms with Crippen molar-refractivity contribution in [2.45, 2.75) is 19.6 Å². The molecule has 0 N–H and O–H groups in total. The molecule has 0 saturated heterocycles. The molecule has 4 nitrogen and oxygen atoms in total. The lowest BCUT2D eigenvalue weighted by atomic mass is 10.1. The van der Waals surface area contributed by atoms with E-state index in [1.165, 1.54) is 30.2 Å². The second-order valence-corrected chi connectivity index (χ2v) is 4.34. The van der Waals surface area contributed by atoms with Crippen LogP contribution in [0.5, 0.6) is 5.75 Å². The number of methoxy groups -OCH3 is 1. The lowest BCUT2D eigenvalue weighted by molar-refractivity contribution is -0.0896. The third-order valence-electron chi connectivity index (χ3n) is 2.69. The average Bonchev–Trinajstić information content (AvgIpc) is 2.23. The molecule has 0 radical (unpaired) electrons. The molecule has 0 aromatic heterocycles. The van der Waals surface area contributed by atoms with Gasteiger partial charge in [-0.3, -0.25) is 9.69 Å². The van der Waals surface area contributed by atoms with E-state index in [1.807, 2.05) is 0 Å². The normalized spacial score (nSPS) is 17.6. The second-order valence-electron chi connectivity index (χ2n) is 4.34. The monoisotopic (exact) mass is 239 g/mol. The van der Waals surface area contributed by atoms with Crippen LogP contribution in [0, 0.1) is 5.82 Å². The van der Waals surface area contributed by atoms with Gasteiger partial charge in [-0.1, -0.05) is 0 Å². The molecule has 1 aromatic rings. The number of hydrogen-bond acceptors (Lipinski definition) is 3. The third kappa shape index (κ3) is 1.98. The van der Waals surface area contributed by atoms with Crippen molar-refractivity contribution in [3.05, 3.63) is 29.6 Å². The van der Waals surface area contributed by atoms with E-state index < -0.39 is 11.5 Å². The Bertz CT molecular complexity index is 459. The first-order chi connectivity index (χ1) is 7.95. The van der Waals surface area contributed by atoms with Gasteiger partial charge in [0, 0.05) is 13.2 Å². The Hall–Kier alpha value is -1.62. The lowest BCUT2D eigenvalue weighted by Crippen LogP contribution is -2.55. The standard InChI is InChI=1S/C12H14FNO3/c1-12(2)14(7-16-3)11(15)9-5-4-8(13)6-10(9)17-12/h4-6H,7H2,1-3H3. The minimum atomic E-state index is -0.853. The third-order valence-corrected chi connectivity index (χ3v) is 2.69. The molecular formula is C12H14FNO3. The topological polar surface area (TPSA) is 38.8 Å². The van der Waals surface area contributed by atoms with Gasteiger partial charge in [0.1, 0.15) is 18.3 Å². The van der Waals surface area contributed by atoms with E-state index in [1.54, 1.807) is 13.8 Å². The van der Waals surface area contributed by atoms with Crippen molar-refractivity contribution >= 4 is 5.91 Å². The highest BCUT2D eigenvalue weighted by molar-refractivity contribution is 5.98. The maximum absolute atomic E-state index is 13.1. The molecule has 0 aliphatic carbocycles. The number of ether oxygens (including phenoxy) is 2. The number of fused-ring (bicyclic) bond motifs is 1. The van der Waals surface area contributed by atoms with Crippen LogP contribution < -0.4 is 4.74 Å². The van der Waals surface area contributed by atoms with Crippen LogP contribution in [-0.2, 0) is 4.74 Å². The summed E-state index contributed by atoms with van der Waals surface area (Å²) in [7, 11) is 1.50. The summed E-state index contributed by atoms with van der Waals surface area (Å²) in [6.07, 6.45) is 0. The van der Waals surface area contributed by atoms with Crippen molar-refractivity contribution in [3.8, 4) is 5.75 Å². The van der Waals surface area contributed by atoms with Gasteiger partial charge < -0.3 is 9.47 Å². The van der Waals surface area contributed by atoms with E-state index in [9.17, 15) is 9.18 Å². The first kappa shape index (κ1) is 11.9. The van der Waals surface area contributed by atoms with E-state index in [0.29, 0.717) is 5.56 Å². The van der Waals surface area contributed by atoms with Crippen molar-refractivity contribution in [1.82, 2.24) is 4.90 Å². The number of nitrogens with zero attached hydrogens (tertiary/aromatic N) is 1. The zero-order chi connectivity index (χ0) is 12.6. The van der Waals surface area contributed by atoms with Gasteiger partial charge in [-0.2, -0.15) is 0 Å². The van der Waals surface area contributed by atoms with E-state index in [-0.39, 0.29) is 18.4 Å². The number of rotatable bonds is 2. The van der Waals surface area contributed by atoms with Gasteiger partial charge in [-0.05, 0) is 26.0 Å². The fourth-order valence-electron chi connectivity index (χ4n) is 1.81. The summed E-state index contributed by atoms with van der Waals surface area (Å²) in [6.45, 7) is 3.60. The molecule has 92 valence electrons. The molecule has 1 aliphatic heterocycles. The molecule has 0 saturated carbocycles. The average molecular weight is 239 g/mol. The van der Waals surface area contributed by atoms with Gasteiger partial charge in [0.2, 0.25) is 0 Å². The summed E-state index contributed by atoms with van der Waals surface area (Å²) >= 11 is 0. The molecule has 2 rings (SSSR count). The number of amides is 1. The zero-order valence-corrected chi connectivity index (χ0v) is 9.99. The van der Waals surface area contributed by atoms with Gasteiger partial charge >= 0.3 is 0 Å². The molecule has 0 spiro atoms. The van der Waals surface area contributed by atoms with Crippen LogP contribution >= 0.6 is 0 Å². The van der Waals surface area contributed by atoms with E-state index in [4.69, 9.17) is 9.47 Å². The lowest BCUT2D eigenvalue weighted by Gasteiger charge is -2.42. The largest absolute Gasteiger partial charge is 0.467 e. The molecule has 1 heterocycles. The highest BCUT2D eigenvalue weighted by Crippen LogP contribution is 2.33. The highest BCUT2D eigenvalue weighted by Gasteiger charge is 2.39. The summed E-state index contributed by atoms with van der Waals surface area (Å²) < 4.78 is 23.7. The summed E-state index contributed by atoms with van der Waals surface area (Å²) in [5.74, 6) is -0.377. The van der Waals surface area contributed by atoms with Crippen LogP contribution in [-0.4, -0.2) is 30.4 Å². The Kier molecular flexibility index (Phi) is 2.79. The SMILES string of the molecule is COCN1C(=O)c2ccc(F)cc2OC1(C)C. The van der Waals surface area contributed by atoms with Crippen LogP contribution in [0.3, 0.4) is 0 Å². The number of carbonyl (C=O) groups excluding carboxylic acids is 1. The minimum absolute atomic E-state index is 0.128. The minimum Gasteiger partial charge on any atom is -0.467 e. The number of benzene rings is 1. The van der Waals surface area contributed by atoms with E-state index >= 15 is 0 Å². The maximum Gasteiger partial charge on any atom is 0.262 e. The molecule has 5 heteroatoms. The molecule has 1 aliphatic rings. The van der Waals surface area contributed by atoms with E-state index in [0.717, 1.165) is 0 Å². The molecule has 17 heavy (non-hydrogen) atoms. The fourth-order valence-corrected chi connectivity index (χ4v) is 1.81. The van der Waals surface area contributed by atoms with Gasteiger partial charge in [0.05, 0.1) is 5.56 Å². The first-order valence-corrected chi connectivity index (χ1v) is 5.25. The van der Waals surface area contributed by atoms with Crippen molar-refractivity contribution in [2.24, 2.45) is 0 Å². The van der Waals surface area contributed by atoms with Crippen molar-refractivity contribution in [3.63, 3.8) is 0 Å². The molecule has 0 fully saturated rings. The fraction of sp³-hybridized carbons (Fsp3) is 0.417. The molecule has 0 atom stereocenters. The predicted molar refractivity (Wildman–Crippen MR) is 59.2 cm³/mol. The van der Waals surface area contributed by atoms with Gasteiger partial charge in [-0.25, -0.2) is 4.39 Å². The van der Waals surface area contributed by atoms with Crippen LogP contribution in [0.25, 0.3) is 0 Å². The molecular weight excluding hydrogens is 225 g/mol. The van der Waals surface area contributed by atoms with Crippen LogP contribution in [0.4, 0.5) is 4.39 Å². The molecule has 1 aromatic carbocycles. The molecule has 1 amide bonds. The van der Waals surface area contributed by atoms with Crippen molar-refractivity contribution in [2.75, 3.05) is 13.8 Å². The van der Waals surface area contributed by atoms with E-state index in [2.05, 4.69) is 0 Å². The number of hydrogen-bond donors (Lipinski definition) is 0. The summed E-state index contributed by atoms with van der Waals surface area (Å²) in [6, 6.07) is 3.88. The Morgan fingerprint density at radius 2 is 2.18 bits per heavy atom. The smallest absolute Gasteiger partial charge is 0.262 e. The van der Waals surface area contributed by atoms with Crippen molar-refractivity contribution < 1.29 is 18.7 Å². The second kappa shape index (κ2) is 4.00. The van der Waals surface area contributed by atoms with Crippen LogP contribution in [0.15, 0.2) is 18.2 Å². The maximum atomic E-state index is 13.1.